The Bertz CT molecular complexity index is 942. The van der Waals surface area contributed by atoms with Crippen molar-refractivity contribution >= 4 is 5.91 Å². The Hall–Kier alpha value is -2.95. The summed E-state index contributed by atoms with van der Waals surface area (Å²) in [5.41, 5.74) is 5.05. The van der Waals surface area contributed by atoms with E-state index < -0.39 is 0 Å². The lowest BCUT2D eigenvalue weighted by molar-refractivity contribution is 0.0935. The molecule has 134 valence electrons. The molecule has 0 fully saturated rings. The van der Waals surface area contributed by atoms with Crippen molar-refractivity contribution in [2.45, 2.75) is 33.7 Å². The molecule has 0 spiro atoms. The molecule has 0 saturated carbocycles. The van der Waals surface area contributed by atoms with Crippen LogP contribution in [0.2, 0.25) is 0 Å². The summed E-state index contributed by atoms with van der Waals surface area (Å²) in [4.78, 5) is 12.6. The summed E-state index contributed by atoms with van der Waals surface area (Å²) in [6.45, 7) is 7.90. The van der Waals surface area contributed by atoms with E-state index in [1.807, 2.05) is 32.9 Å². The molecule has 3 rings (SSSR count). The molecule has 0 aliphatic carbocycles. The number of carbonyl (C=O) groups is 1. The average molecular weight is 351 g/mol. The predicted octanol–water partition coefficient (Wildman–Crippen LogP) is 4.43. The van der Waals surface area contributed by atoms with Crippen molar-refractivity contribution in [3.63, 3.8) is 0 Å². The molecule has 3 aromatic rings. The summed E-state index contributed by atoms with van der Waals surface area (Å²) in [5.74, 6) is -0.546. The number of amides is 1. The molecule has 1 N–H and O–H groups in total. The Balaban J connectivity index is 2.11. The van der Waals surface area contributed by atoms with Crippen molar-refractivity contribution in [3.05, 3.63) is 71.2 Å². The molecule has 0 unspecified atom stereocenters. The van der Waals surface area contributed by atoms with Crippen LogP contribution in [-0.2, 0) is 0 Å². The summed E-state index contributed by atoms with van der Waals surface area (Å²) < 4.78 is 14.8. The number of halogens is 1. The second-order valence-electron chi connectivity index (χ2n) is 6.73. The fourth-order valence-corrected chi connectivity index (χ4v) is 2.70. The highest BCUT2D eigenvalue weighted by atomic mass is 19.1. The molecule has 1 aromatic heterocycles. The topological polar surface area (TPSA) is 46.9 Å². The van der Waals surface area contributed by atoms with Gasteiger partial charge in [-0.25, -0.2) is 9.07 Å². The number of hydrogen-bond donors (Lipinski definition) is 1. The normalized spacial score (nSPS) is 11.0. The smallest absolute Gasteiger partial charge is 0.270 e. The monoisotopic (exact) mass is 351 g/mol. The van der Waals surface area contributed by atoms with Gasteiger partial charge in [0.05, 0.1) is 11.4 Å². The molecule has 0 bridgehead atoms. The zero-order valence-corrected chi connectivity index (χ0v) is 15.4. The van der Waals surface area contributed by atoms with Gasteiger partial charge in [0.25, 0.3) is 5.91 Å². The van der Waals surface area contributed by atoms with Gasteiger partial charge in [-0.15, -0.1) is 0 Å². The average Bonchev–Trinajstić information content (AvgIpc) is 3.03. The van der Waals surface area contributed by atoms with Gasteiger partial charge in [0, 0.05) is 11.6 Å². The van der Waals surface area contributed by atoms with E-state index in [9.17, 15) is 9.18 Å². The third-order valence-electron chi connectivity index (χ3n) is 4.24. The Morgan fingerprint density at radius 2 is 1.73 bits per heavy atom. The first-order chi connectivity index (χ1) is 12.3. The van der Waals surface area contributed by atoms with E-state index in [1.165, 1.54) is 17.7 Å². The van der Waals surface area contributed by atoms with Crippen LogP contribution < -0.4 is 5.32 Å². The molecule has 0 aliphatic heterocycles. The van der Waals surface area contributed by atoms with Gasteiger partial charge in [0.15, 0.2) is 0 Å². The fraction of sp³-hybridized carbons (Fsp3) is 0.238. The summed E-state index contributed by atoms with van der Waals surface area (Å²) in [6.07, 6.45) is 0. The van der Waals surface area contributed by atoms with E-state index in [0.717, 1.165) is 11.1 Å². The first-order valence-corrected chi connectivity index (χ1v) is 8.59. The molecule has 4 nitrogen and oxygen atoms in total. The standard InChI is InChI=1S/C21H22FN3O/c1-13(2)23-21(26)20-12-19(16-6-5-14(3)15(4)11-16)24-25(20)18-9-7-17(22)8-10-18/h5-13H,1-4H3,(H,23,26). The quantitative estimate of drug-likeness (QED) is 0.756. The number of benzene rings is 2. The van der Waals surface area contributed by atoms with E-state index in [1.54, 1.807) is 22.9 Å². The number of aryl methyl sites for hydroxylation is 2. The maximum absolute atomic E-state index is 13.3. The number of aromatic nitrogens is 2. The van der Waals surface area contributed by atoms with E-state index in [4.69, 9.17) is 0 Å². The summed E-state index contributed by atoms with van der Waals surface area (Å²) in [6, 6.07) is 13.8. The van der Waals surface area contributed by atoms with E-state index in [2.05, 4.69) is 23.4 Å². The molecule has 0 radical (unpaired) electrons. The third-order valence-corrected chi connectivity index (χ3v) is 4.24. The fourth-order valence-electron chi connectivity index (χ4n) is 2.70. The van der Waals surface area contributed by atoms with Crippen molar-refractivity contribution in [1.82, 2.24) is 15.1 Å². The lowest BCUT2D eigenvalue weighted by Gasteiger charge is -2.10. The van der Waals surface area contributed by atoms with Crippen LogP contribution >= 0.6 is 0 Å². The lowest BCUT2D eigenvalue weighted by atomic mass is 10.0. The molecule has 5 heteroatoms. The lowest BCUT2D eigenvalue weighted by Crippen LogP contribution is -2.31. The van der Waals surface area contributed by atoms with E-state index in [-0.39, 0.29) is 17.8 Å². The largest absolute Gasteiger partial charge is 0.349 e. The van der Waals surface area contributed by atoms with Crippen LogP contribution in [0.5, 0.6) is 0 Å². The summed E-state index contributed by atoms with van der Waals surface area (Å²) >= 11 is 0. The molecule has 1 heterocycles. The Labute approximate surface area is 152 Å². The number of rotatable bonds is 4. The second kappa shape index (κ2) is 7.12. The van der Waals surface area contributed by atoms with Crippen LogP contribution in [0.3, 0.4) is 0 Å². The maximum Gasteiger partial charge on any atom is 0.270 e. The van der Waals surface area contributed by atoms with Crippen molar-refractivity contribution in [3.8, 4) is 16.9 Å². The van der Waals surface area contributed by atoms with Gasteiger partial charge in [-0.05, 0) is 75.2 Å². The Morgan fingerprint density at radius 3 is 2.35 bits per heavy atom. The number of nitrogens with zero attached hydrogens (tertiary/aromatic N) is 2. The minimum atomic E-state index is -0.330. The van der Waals surface area contributed by atoms with E-state index >= 15 is 0 Å². The highest BCUT2D eigenvalue weighted by Crippen LogP contribution is 2.24. The molecular formula is C21H22FN3O. The second-order valence-corrected chi connectivity index (χ2v) is 6.73. The van der Waals surface area contributed by atoms with Crippen molar-refractivity contribution in [2.24, 2.45) is 0 Å². The minimum Gasteiger partial charge on any atom is -0.349 e. The third kappa shape index (κ3) is 3.67. The van der Waals surface area contributed by atoms with Gasteiger partial charge in [0.1, 0.15) is 11.5 Å². The van der Waals surface area contributed by atoms with Crippen LogP contribution in [0.25, 0.3) is 16.9 Å². The number of carbonyl (C=O) groups excluding carboxylic acids is 1. The van der Waals surface area contributed by atoms with Crippen molar-refractivity contribution in [1.29, 1.82) is 0 Å². The highest BCUT2D eigenvalue weighted by molar-refractivity contribution is 5.94. The zero-order valence-electron chi connectivity index (χ0n) is 15.4. The highest BCUT2D eigenvalue weighted by Gasteiger charge is 2.18. The Morgan fingerprint density at radius 1 is 1.04 bits per heavy atom. The van der Waals surface area contributed by atoms with Crippen LogP contribution in [0, 0.1) is 19.7 Å². The Kier molecular flexibility index (Phi) is 4.89. The van der Waals surface area contributed by atoms with E-state index in [0.29, 0.717) is 17.1 Å². The maximum atomic E-state index is 13.3. The molecule has 0 atom stereocenters. The number of hydrogen-bond acceptors (Lipinski definition) is 2. The van der Waals surface area contributed by atoms with Gasteiger partial charge < -0.3 is 5.32 Å². The SMILES string of the molecule is Cc1ccc(-c2cc(C(=O)NC(C)C)n(-c3ccc(F)cc3)n2)cc1C. The first kappa shape index (κ1) is 17.9. The molecular weight excluding hydrogens is 329 g/mol. The molecule has 2 aromatic carbocycles. The van der Waals surface area contributed by atoms with Gasteiger partial charge >= 0.3 is 0 Å². The van der Waals surface area contributed by atoms with Crippen molar-refractivity contribution in [2.75, 3.05) is 0 Å². The van der Waals surface area contributed by atoms with Gasteiger partial charge in [0.2, 0.25) is 0 Å². The zero-order chi connectivity index (χ0) is 18.8. The summed E-state index contributed by atoms with van der Waals surface area (Å²) in [7, 11) is 0. The molecule has 26 heavy (non-hydrogen) atoms. The number of nitrogens with one attached hydrogen (secondary N) is 1. The van der Waals surface area contributed by atoms with Crippen molar-refractivity contribution < 1.29 is 9.18 Å². The van der Waals surface area contributed by atoms with Gasteiger partial charge in [-0.3, -0.25) is 4.79 Å². The summed E-state index contributed by atoms with van der Waals surface area (Å²) in [5, 5.41) is 7.50. The molecule has 1 amide bonds. The molecule has 0 aliphatic rings. The van der Waals surface area contributed by atoms with Gasteiger partial charge in [-0.1, -0.05) is 12.1 Å². The van der Waals surface area contributed by atoms with Crippen LogP contribution in [0.15, 0.2) is 48.5 Å². The predicted molar refractivity (Wildman–Crippen MR) is 101 cm³/mol. The van der Waals surface area contributed by atoms with Crippen LogP contribution in [0.4, 0.5) is 4.39 Å². The van der Waals surface area contributed by atoms with Gasteiger partial charge in [-0.2, -0.15) is 5.10 Å². The molecule has 0 saturated heterocycles. The van der Waals surface area contributed by atoms with Crippen LogP contribution in [0.1, 0.15) is 35.5 Å². The minimum absolute atomic E-state index is 0.00383. The van der Waals surface area contributed by atoms with Crippen LogP contribution in [-0.4, -0.2) is 21.7 Å². The first-order valence-electron chi connectivity index (χ1n) is 8.59.